The number of hydrogen-bond acceptors (Lipinski definition) is 6. The lowest BCUT2D eigenvalue weighted by Crippen LogP contribution is -2.33. The second-order valence-corrected chi connectivity index (χ2v) is 6.29. The van der Waals surface area contributed by atoms with Gasteiger partial charge in [-0.2, -0.15) is 0 Å². The Morgan fingerprint density at radius 3 is 2.35 bits per heavy atom. The second-order valence-electron chi connectivity index (χ2n) is 6.29. The minimum atomic E-state index is -0.683. The molecule has 2 rings (SSSR count). The summed E-state index contributed by atoms with van der Waals surface area (Å²) in [4.78, 5) is 12.2. The molecule has 1 fully saturated rings. The minimum Gasteiger partial charge on any atom is -0.490 e. The predicted octanol–water partition coefficient (Wildman–Crippen LogP) is 2.91. The van der Waals surface area contributed by atoms with E-state index in [-0.39, 0.29) is 11.9 Å². The zero-order valence-corrected chi connectivity index (χ0v) is 14.6. The Morgan fingerprint density at radius 2 is 1.78 bits per heavy atom. The molecule has 0 aromatic carbocycles. The van der Waals surface area contributed by atoms with Crippen molar-refractivity contribution in [3.05, 3.63) is 11.5 Å². The summed E-state index contributed by atoms with van der Waals surface area (Å²) < 4.78 is 28.3. The van der Waals surface area contributed by atoms with E-state index in [1.807, 2.05) is 13.8 Å². The molecule has 1 saturated heterocycles. The van der Waals surface area contributed by atoms with Crippen molar-refractivity contribution in [2.45, 2.75) is 71.4 Å². The quantitative estimate of drug-likeness (QED) is 0.479. The van der Waals surface area contributed by atoms with Gasteiger partial charge >= 0.3 is 5.97 Å². The van der Waals surface area contributed by atoms with Crippen LogP contribution in [-0.2, 0) is 28.5 Å². The Hall–Kier alpha value is -1.27. The van der Waals surface area contributed by atoms with Crippen LogP contribution in [0, 0.1) is 0 Å². The highest BCUT2D eigenvalue weighted by Crippen LogP contribution is 2.34. The van der Waals surface area contributed by atoms with Crippen molar-refractivity contribution in [3.8, 4) is 0 Å². The summed E-state index contributed by atoms with van der Waals surface area (Å²) in [6.45, 7) is 9.18. The third kappa shape index (κ3) is 4.61. The van der Waals surface area contributed by atoms with Gasteiger partial charge in [-0.15, -0.1) is 0 Å². The number of esters is 1. The molecule has 2 unspecified atom stereocenters. The molecule has 6 heteroatoms. The number of unbranched alkanes of at least 4 members (excludes halogenated alkanes) is 2. The van der Waals surface area contributed by atoms with Crippen LogP contribution in [0.5, 0.6) is 0 Å². The van der Waals surface area contributed by atoms with Gasteiger partial charge in [0.05, 0.1) is 19.8 Å². The van der Waals surface area contributed by atoms with Crippen molar-refractivity contribution in [2.24, 2.45) is 0 Å². The lowest BCUT2D eigenvalue weighted by atomic mass is 10.2. The fourth-order valence-electron chi connectivity index (χ4n) is 2.48. The van der Waals surface area contributed by atoms with Crippen molar-refractivity contribution in [1.29, 1.82) is 0 Å². The molecule has 0 amide bonds. The summed E-state index contributed by atoms with van der Waals surface area (Å²) in [6.07, 6.45) is 2.80. The molecule has 0 aromatic rings. The molecule has 0 saturated carbocycles. The standard InChI is InChI=1S/C17H28O6/c1-5-7-9-19-14-13(12-11-21-17(3,4)23-12)22-16(18)15(14)20-10-8-6-2/h12-13H,5-11H2,1-4H3. The first-order valence-corrected chi connectivity index (χ1v) is 8.51. The van der Waals surface area contributed by atoms with Crippen LogP contribution in [0.1, 0.15) is 53.4 Å². The molecule has 0 bridgehead atoms. The van der Waals surface area contributed by atoms with Crippen LogP contribution in [0.25, 0.3) is 0 Å². The highest BCUT2D eigenvalue weighted by atomic mass is 16.8. The third-order valence-electron chi connectivity index (χ3n) is 3.77. The van der Waals surface area contributed by atoms with Gasteiger partial charge < -0.3 is 23.7 Å². The van der Waals surface area contributed by atoms with Crippen molar-refractivity contribution < 1.29 is 28.5 Å². The Kier molecular flexibility index (Phi) is 6.30. The summed E-state index contributed by atoms with van der Waals surface area (Å²) >= 11 is 0. The maximum absolute atomic E-state index is 12.2. The molecule has 0 aliphatic carbocycles. The van der Waals surface area contributed by atoms with Crippen LogP contribution in [0.2, 0.25) is 0 Å². The zero-order chi connectivity index (χ0) is 16.9. The smallest absolute Gasteiger partial charge is 0.378 e. The fourth-order valence-corrected chi connectivity index (χ4v) is 2.48. The van der Waals surface area contributed by atoms with E-state index in [2.05, 4.69) is 13.8 Å². The largest absolute Gasteiger partial charge is 0.490 e. The van der Waals surface area contributed by atoms with Gasteiger partial charge in [0.15, 0.2) is 17.7 Å². The Morgan fingerprint density at radius 1 is 1.13 bits per heavy atom. The van der Waals surface area contributed by atoms with Crippen LogP contribution in [0.3, 0.4) is 0 Å². The van der Waals surface area contributed by atoms with Gasteiger partial charge in [-0.3, -0.25) is 0 Å². The molecule has 0 radical (unpaired) electrons. The molecule has 0 spiro atoms. The van der Waals surface area contributed by atoms with E-state index in [1.165, 1.54) is 0 Å². The Labute approximate surface area is 138 Å². The summed E-state index contributed by atoms with van der Waals surface area (Å²) in [5.41, 5.74) is 0. The first kappa shape index (κ1) is 18.1. The van der Waals surface area contributed by atoms with Crippen molar-refractivity contribution >= 4 is 5.97 Å². The molecule has 6 nitrogen and oxygen atoms in total. The van der Waals surface area contributed by atoms with Crippen molar-refractivity contribution in [2.75, 3.05) is 19.8 Å². The number of rotatable bonds is 9. The van der Waals surface area contributed by atoms with E-state index < -0.39 is 17.9 Å². The van der Waals surface area contributed by atoms with Crippen LogP contribution in [0.15, 0.2) is 11.5 Å². The van der Waals surface area contributed by atoms with Gasteiger partial charge in [0.1, 0.15) is 6.10 Å². The molecule has 132 valence electrons. The van der Waals surface area contributed by atoms with E-state index in [9.17, 15) is 4.79 Å². The van der Waals surface area contributed by atoms with E-state index >= 15 is 0 Å². The highest BCUT2D eigenvalue weighted by Gasteiger charge is 2.48. The summed E-state index contributed by atoms with van der Waals surface area (Å²) in [5.74, 6) is -0.526. The Bertz CT molecular complexity index is 442. The number of hydrogen-bond donors (Lipinski definition) is 0. The molecular formula is C17H28O6. The highest BCUT2D eigenvalue weighted by molar-refractivity contribution is 5.89. The first-order chi connectivity index (χ1) is 11.0. The summed E-state index contributed by atoms with van der Waals surface area (Å²) in [7, 11) is 0. The van der Waals surface area contributed by atoms with E-state index in [4.69, 9.17) is 23.7 Å². The van der Waals surface area contributed by atoms with Gasteiger partial charge in [0, 0.05) is 0 Å². The zero-order valence-electron chi connectivity index (χ0n) is 14.6. The monoisotopic (exact) mass is 328 g/mol. The van der Waals surface area contributed by atoms with Crippen LogP contribution in [-0.4, -0.2) is 43.8 Å². The maximum atomic E-state index is 12.2. The molecule has 0 N–H and O–H groups in total. The maximum Gasteiger partial charge on any atom is 0.378 e. The first-order valence-electron chi connectivity index (χ1n) is 8.51. The van der Waals surface area contributed by atoms with Gasteiger partial charge in [0.25, 0.3) is 0 Å². The SMILES string of the molecule is CCCCOC1=C(OCCCC)C(C2COC(C)(C)O2)OC1=O. The Balaban J connectivity index is 2.11. The number of ether oxygens (including phenoxy) is 5. The van der Waals surface area contributed by atoms with Crippen molar-refractivity contribution in [1.82, 2.24) is 0 Å². The second kappa shape index (κ2) is 8.02. The van der Waals surface area contributed by atoms with Gasteiger partial charge in [-0.25, -0.2) is 4.79 Å². The van der Waals surface area contributed by atoms with E-state index in [0.29, 0.717) is 25.6 Å². The van der Waals surface area contributed by atoms with E-state index in [0.717, 1.165) is 25.7 Å². The van der Waals surface area contributed by atoms with Crippen LogP contribution in [0.4, 0.5) is 0 Å². The third-order valence-corrected chi connectivity index (χ3v) is 3.77. The van der Waals surface area contributed by atoms with Crippen molar-refractivity contribution in [3.63, 3.8) is 0 Å². The molecule has 23 heavy (non-hydrogen) atoms. The van der Waals surface area contributed by atoms with Gasteiger partial charge in [0.2, 0.25) is 5.76 Å². The lowest BCUT2D eigenvalue weighted by Gasteiger charge is -2.21. The van der Waals surface area contributed by atoms with Gasteiger partial charge in [-0.1, -0.05) is 26.7 Å². The van der Waals surface area contributed by atoms with Gasteiger partial charge in [-0.05, 0) is 26.7 Å². The van der Waals surface area contributed by atoms with Crippen LogP contribution >= 0.6 is 0 Å². The molecular weight excluding hydrogens is 300 g/mol. The predicted molar refractivity (Wildman–Crippen MR) is 83.5 cm³/mol. The topological polar surface area (TPSA) is 63.2 Å². The molecule has 2 atom stereocenters. The lowest BCUT2D eigenvalue weighted by molar-refractivity contribution is -0.163. The number of carbonyl (C=O) groups excluding carboxylic acids is 1. The normalized spacial score (nSPS) is 26.5. The fraction of sp³-hybridized carbons (Fsp3) is 0.824. The number of cyclic esters (lactones) is 1. The minimum absolute atomic E-state index is 0.188. The molecule has 2 heterocycles. The number of carbonyl (C=O) groups is 1. The average molecular weight is 328 g/mol. The summed E-state index contributed by atoms with van der Waals surface area (Å²) in [5, 5.41) is 0. The molecule has 0 aromatic heterocycles. The molecule has 2 aliphatic rings. The average Bonchev–Trinajstić information content (AvgIpc) is 3.01. The summed E-state index contributed by atoms with van der Waals surface area (Å²) in [6, 6.07) is 0. The molecule has 2 aliphatic heterocycles. The van der Waals surface area contributed by atoms with E-state index in [1.54, 1.807) is 0 Å². The van der Waals surface area contributed by atoms with Crippen LogP contribution < -0.4 is 0 Å².